The topological polar surface area (TPSA) is 47.9 Å². The van der Waals surface area contributed by atoms with Gasteiger partial charge in [-0.05, 0) is 29.5 Å². The minimum atomic E-state index is -0.643. The Hall–Kier alpha value is -2.27. The van der Waals surface area contributed by atoms with E-state index in [1.54, 1.807) is 5.55 Å². The summed E-state index contributed by atoms with van der Waals surface area (Å²) in [4.78, 5) is 16.1. The van der Waals surface area contributed by atoms with Crippen molar-refractivity contribution in [3.8, 4) is 5.75 Å². The van der Waals surface area contributed by atoms with Crippen LogP contribution in [0, 0.1) is 0 Å². The number of carbonyl (C=O) groups is 1. The van der Waals surface area contributed by atoms with Gasteiger partial charge in [0.15, 0.2) is 6.04 Å². The van der Waals surface area contributed by atoms with Crippen LogP contribution in [0.3, 0.4) is 0 Å². The van der Waals surface area contributed by atoms with Crippen molar-refractivity contribution in [3.05, 3.63) is 65.7 Å². The van der Waals surface area contributed by atoms with Gasteiger partial charge >= 0.3 is 5.97 Å². The Labute approximate surface area is 140 Å². The van der Waals surface area contributed by atoms with Crippen LogP contribution >= 0.6 is 11.8 Å². The van der Waals surface area contributed by atoms with E-state index in [1.807, 2.05) is 60.9 Å². The van der Waals surface area contributed by atoms with E-state index in [0.717, 1.165) is 16.9 Å². The predicted molar refractivity (Wildman–Crippen MR) is 94.0 cm³/mol. The van der Waals surface area contributed by atoms with Crippen LogP contribution in [0.4, 0.5) is 0 Å². The molecule has 0 spiro atoms. The van der Waals surface area contributed by atoms with Crippen molar-refractivity contribution in [2.75, 3.05) is 13.4 Å². The van der Waals surface area contributed by atoms with Crippen molar-refractivity contribution in [3.63, 3.8) is 0 Å². The lowest BCUT2D eigenvalue weighted by Gasteiger charge is -2.12. The van der Waals surface area contributed by atoms with E-state index in [0.29, 0.717) is 6.61 Å². The highest BCUT2D eigenvalue weighted by Gasteiger charge is 2.19. The van der Waals surface area contributed by atoms with Crippen LogP contribution < -0.4 is 4.74 Å². The number of ether oxygens (including phenoxy) is 2. The van der Waals surface area contributed by atoms with E-state index in [4.69, 9.17) is 9.47 Å². The first kappa shape index (κ1) is 17.1. The summed E-state index contributed by atoms with van der Waals surface area (Å²) < 4.78 is 10.5. The summed E-state index contributed by atoms with van der Waals surface area (Å²) in [5.74, 6) is 0.364. The Morgan fingerprint density at radius 2 is 1.87 bits per heavy atom. The van der Waals surface area contributed by atoms with E-state index in [2.05, 4.69) is 4.99 Å². The molecule has 0 fully saturated rings. The summed E-state index contributed by atoms with van der Waals surface area (Å²) in [5.41, 5.74) is 3.52. The van der Waals surface area contributed by atoms with E-state index in [1.165, 1.54) is 18.9 Å². The fourth-order valence-electron chi connectivity index (χ4n) is 2.00. The molecule has 0 saturated heterocycles. The molecular weight excluding hydrogens is 310 g/mol. The summed E-state index contributed by atoms with van der Waals surface area (Å²) in [6.07, 6.45) is 1.89. The Balaban J connectivity index is 2.05. The lowest BCUT2D eigenvalue weighted by molar-refractivity contribution is -0.142. The second-order valence-corrected chi connectivity index (χ2v) is 5.44. The highest BCUT2D eigenvalue weighted by molar-refractivity contribution is 8.11. The Bertz CT molecular complexity index is 641. The van der Waals surface area contributed by atoms with Gasteiger partial charge in [-0.25, -0.2) is 4.79 Å². The molecule has 120 valence electrons. The number of hydrogen-bond acceptors (Lipinski definition) is 5. The number of thioether (sulfide) groups is 1. The molecule has 0 saturated carbocycles. The molecule has 4 nitrogen and oxygen atoms in total. The number of esters is 1. The van der Waals surface area contributed by atoms with Gasteiger partial charge in [0.2, 0.25) is 0 Å². The van der Waals surface area contributed by atoms with Crippen molar-refractivity contribution in [2.45, 2.75) is 12.6 Å². The van der Waals surface area contributed by atoms with Crippen molar-refractivity contribution < 1.29 is 14.3 Å². The average Bonchev–Trinajstić information content (AvgIpc) is 2.62. The van der Waals surface area contributed by atoms with Gasteiger partial charge in [-0.1, -0.05) is 42.5 Å². The molecule has 2 aromatic rings. The molecule has 0 bridgehead atoms. The smallest absolute Gasteiger partial charge is 0.335 e. The molecule has 0 N–H and O–H groups in total. The van der Waals surface area contributed by atoms with Crippen LogP contribution in [-0.2, 0) is 16.1 Å². The molecule has 0 heterocycles. The number of nitrogens with zero attached hydrogens (tertiary/aromatic N) is 1. The largest absolute Gasteiger partial charge is 0.489 e. The zero-order valence-corrected chi connectivity index (χ0v) is 14.0. The second kappa shape index (κ2) is 9.00. The van der Waals surface area contributed by atoms with Crippen molar-refractivity contribution >= 4 is 23.3 Å². The second-order valence-electron chi connectivity index (χ2n) is 4.76. The van der Waals surface area contributed by atoms with Gasteiger partial charge in [0.25, 0.3) is 0 Å². The maximum atomic E-state index is 11.8. The van der Waals surface area contributed by atoms with Gasteiger partial charge in [-0.3, -0.25) is 4.99 Å². The number of rotatable bonds is 7. The van der Waals surface area contributed by atoms with Crippen LogP contribution in [0.5, 0.6) is 5.75 Å². The molecule has 23 heavy (non-hydrogen) atoms. The minimum absolute atomic E-state index is 0.381. The molecule has 0 amide bonds. The molecule has 5 heteroatoms. The number of methoxy groups -OCH3 is 1. The number of aliphatic imine (C=N–C) groups is 1. The van der Waals surface area contributed by atoms with Gasteiger partial charge in [0.05, 0.1) is 12.7 Å². The third kappa shape index (κ3) is 5.14. The summed E-state index contributed by atoms with van der Waals surface area (Å²) in [5, 5.41) is 0. The minimum Gasteiger partial charge on any atom is -0.489 e. The van der Waals surface area contributed by atoms with Gasteiger partial charge in [0, 0.05) is 0 Å². The van der Waals surface area contributed by atoms with Gasteiger partial charge in [-0.15, -0.1) is 11.8 Å². The standard InChI is InChI=1S/C18H19NO3S/c1-21-18(20)17(19-13-23-2)15-8-10-16(11-9-15)22-12-14-6-4-3-5-7-14/h3-11,13,17H,12H2,1-2H3/b19-13+. The first-order valence-corrected chi connectivity index (χ1v) is 8.42. The summed E-state index contributed by atoms with van der Waals surface area (Å²) in [6.45, 7) is 0.505. The molecule has 0 aliphatic heterocycles. The molecular formula is C18H19NO3S. The summed E-state index contributed by atoms with van der Waals surface area (Å²) in [7, 11) is 1.36. The fourth-order valence-corrected chi connectivity index (χ4v) is 2.25. The molecule has 0 aromatic heterocycles. The van der Waals surface area contributed by atoms with Gasteiger partial charge in [0.1, 0.15) is 12.4 Å². The Kier molecular flexibility index (Phi) is 6.69. The van der Waals surface area contributed by atoms with E-state index in [-0.39, 0.29) is 5.97 Å². The van der Waals surface area contributed by atoms with Crippen LogP contribution in [-0.4, -0.2) is 24.9 Å². The normalized spacial score (nSPS) is 12.1. The van der Waals surface area contributed by atoms with Crippen LogP contribution in [0.15, 0.2) is 59.6 Å². The van der Waals surface area contributed by atoms with Crippen molar-refractivity contribution in [2.24, 2.45) is 4.99 Å². The lowest BCUT2D eigenvalue weighted by Crippen LogP contribution is -2.12. The molecule has 0 aliphatic carbocycles. The summed E-state index contributed by atoms with van der Waals surface area (Å²) >= 11 is 1.44. The third-order valence-corrected chi connectivity index (χ3v) is 3.52. The van der Waals surface area contributed by atoms with E-state index < -0.39 is 6.04 Å². The first-order chi connectivity index (χ1) is 11.2. The average molecular weight is 329 g/mol. The zero-order valence-electron chi connectivity index (χ0n) is 13.1. The highest BCUT2D eigenvalue weighted by atomic mass is 32.2. The quantitative estimate of drug-likeness (QED) is 0.439. The maximum Gasteiger partial charge on any atom is 0.335 e. The lowest BCUT2D eigenvalue weighted by atomic mass is 10.1. The number of benzene rings is 2. The van der Waals surface area contributed by atoms with Gasteiger partial charge < -0.3 is 9.47 Å². The molecule has 2 rings (SSSR count). The van der Waals surface area contributed by atoms with Crippen LogP contribution in [0.2, 0.25) is 0 Å². The highest BCUT2D eigenvalue weighted by Crippen LogP contribution is 2.22. The van der Waals surface area contributed by atoms with Crippen LogP contribution in [0.1, 0.15) is 17.2 Å². The fraction of sp³-hybridized carbons (Fsp3) is 0.222. The monoisotopic (exact) mass is 329 g/mol. The molecule has 1 unspecified atom stereocenters. The maximum absolute atomic E-state index is 11.8. The van der Waals surface area contributed by atoms with Crippen molar-refractivity contribution in [1.29, 1.82) is 0 Å². The Morgan fingerprint density at radius 3 is 2.48 bits per heavy atom. The van der Waals surface area contributed by atoms with E-state index >= 15 is 0 Å². The third-order valence-electron chi connectivity index (χ3n) is 3.18. The molecule has 1 atom stereocenters. The molecule has 0 aliphatic rings. The number of hydrogen-bond donors (Lipinski definition) is 0. The Morgan fingerprint density at radius 1 is 1.17 bits per heavy atom. The first-order valence-electron chi connectivity index (χ1n) is 7.13. The van der Waals surface area contributed by atoms with E-state index in [9.17, 15) is 4.79 Å². The zero-order chi connectivity index (χ0) is 16.5. The van der Waals surface area contributed by atoms with Gasteiger partial charge in [-0.2, -0.15) is 0 Å². The van der Waals surface area contributed by atoms with Crippen LogP contribution in [0.25, 0.3) is 0 Å². The SMILES string of the molecule is COC(=O)C(/N=C/SC)c1ccc(OCc2ccccc2)cc1. The molecule has 0 radical (unpaired) electrons. The predicted octanol–water partition coefficient (Wildman–Crippen LogP) is 3.87. The summed E-state index contributed by atoms with van der Waals surface area (Å²) in [6, 6.07) is 16.7. The number of carbonyl (C=O) groups excluding carboxylic acids is 1. The van der Waals surface area contributed by atoms with Crippen molar-refractivity contribution in [1.82, 2.24) is 0 Å². The molecule has 2 aromatic carbocycles.